The lowest BCUT2D eigenvalue weighted by molar-refractivity contribution is 0.0738. The van der Waals surface area contributed by atoms with Crippen LogP contribution in [0.25, 0.3) is 0 Å². The van der Waals surface area contributed by atoms with E-state index in [2.05, 4.69) is 12.2 Å². The zero-order chi connectivity index (χ0) is 10.4. The minimum absolute atomic E-state index is 0.0356. The molecule has 1 fully saturated rings. The van der Waals surface area contributed by atoms with Gasteiger partial charge in [0.25, 0.3) is 0 Å². The molecule has 1 rings (SSSR count). The molecule has 1 saturated carbocycles. The van der Waals surface area contributed by atoms with E-state index in [0.29, 0.717) is 6.04 Å². The third kappa shape index (κ3) is 2.94. The minimum atomic E-state index is -0.441. The number of hydrogen-bond donors (Lipinski definition) is 3. The summed E-state index contributed by atoms with van der Waals surface area (Å²) in [6, 6.07) is 0.501. The fourth-order valence-corrected chi connectivity index (χ4v) is 2.35. The summed E-state index contributed by atoms with van der Waals surface area (Å²) in [6.45, 7) is 2.15. The molecule has 3 nitrogen and oxygen atoms in total. The Hall–Kier alpha value is -0.120. The Kier molecular flexibility index (Phi) is 4.85. The Morgan fingerprint density at radius 1 is 1.21 bits per heavy atom. The maximum Gasteiger partial charge on any atom is 0.0650 e. The molecule has 0 atom stereocenters. The highest BCUT2D eigenvalue weighted by molar-refractivity contribution is 4.91. The Labute approximate surface area is 86.5 Å². The van der Waals surface area contributed by atoms with Crippen molar-refractivity contribution in [3.63, 3.8) is 0 Å². The molecule has 0 aromatic carbocycles. The van der Waals surface area contributed by atoms with Crippen LogP contribution in [0.2, 0.25) is 0 Å². The quantitative estimate of drug-likeness (QED) is 0.602. The molecule has 3 N–H and O–H groups in total. The molecule has 14 heavy (non-hydrogen) atoms. The molecule has 0 amide bonds. The first-order valence-electron chi connectivity index (χ1n) is 5.76. The van der Waals surface area contributed by atoms with Gasteiger partial charge in [0.2, 0.25) is 0 Å². The van der Waals surface area contributed by atoms with Crippen molar-refractivity contribution < 1.29 is 10.2 Å². The van der Waals surface area contributed by atoms with Crippen LogP contribution in [0.3, 0.4) is 0 Å². The largest absolute Gasteiger partial charge is 0.394 e. The lowest BCUT2D eigenvalue weighted by Crippen LogP contribution is -2.55. The Balaban J connectivity index is 2.47. The maximum absolute atomic E-state index is 9.35. The number of aliphatic hydroxyl groups is 2. The van der Waals surface area contributed by atoms with E-state index in [1.807, 2.05) is 0 Å². The molecule has 0 saturated heterocycles. The monoisotopic (exact) mass is 201 g/mol. The highest BCUT2D eigenvalue weighted by Gasteiger charge is 2.31. The van der Waals surface area contributed by atoms with Crippen molar-refractivity contribution in [3.8, 4) is 0 Å². The van der Waals surface area contributed by atoms with Crippen molar-refractivity contribution in [1.29, 1.82) is 0 Å². The summed E-state index contributed by atoms with van der Waals surface area (Å²) in [7, 11) is 0. The van der Waals surface area contributed by atoms with Crippen molar-refractivity contribution in [1.82, 2.24) is 5.32 Å². The van der Waals surface area contributed by atoms with Crippen LogP contribution in [-0.2, 0) is 0 Å². The van der Waals surface area contributed by atoms with Gasteiger partial charge in [-0.05, 0) is 19.3 Å². The molecule has 0 aromatic heterocycles. The summed E-state index contributed by atoms with van der Waals surface area (Å²) in [4.78, 5) is 0. The second-order valence-electron chi connectivity index (χ2n) is 4.47. The van der Waals surface area contributed by atoms with E-state index in [9.17, 15) is 10.2 Å². The molecule has 0 aromatic rings. The zero-order valence-corrected chi connectivity index (χ0v) is 9.13. The highest BCUT2D eigenvalue weighted by Crippen LogP contribution is 2.22. The van der Waals surface area contributed by atoms with Crippen LogP contribution in [0.4, 0.5) is 0 Å². The average molecular weight is 201 g/mol. The molecule has 0 spiro atoms. The van der Waals surface area contributed by atoms with Crippen molar-refractivity contribution in [2.24, 2.45) is 0 Å². The van der Waals surface area contributed by atoms with E-state index >= 15 is 0 Å². The third-order valence-corrected chi connectivity index (χ3v) is 3.20. The topological polar surface area (TPSA) is 52.5 Å². The van der Waals surface area contributed by atoms with Crippen molar-refractivity contribution >= 4 is 0 Å². The predicted octanol–water partition coefficient (Wildman–Crippen LogP) is 1.04. The van der Waals surface area contributed by atoms with Crippen LogP contribution < -0.4 is 5.32 Å². The number of nitrogens with one attached hydrogen (secondary N) is 1. The van der Waals surface area contributed by atoms with Gasteiger partial charge < -0.3 is 15.5 Å². The summed E-state index contributed by atoms with van der Waals surface area (Å²) in [5, 5.41) is 22.1. The van der Waals surface area contributed by atoms with Crippen LogP contribution in [0.1, 0.15) is 45.4 Å². The van der Waals surface area contributed by atoms with E-state index in [1.165, 1.54) is 25.7 Å². The van der Waals surface area contributed by atoms with Gasteiger partial charge in [0.15, 0.2) is 0 Å². The SMILES string of the molecule is CCCC(CO)(CO)NC1CCCC1. The van der Waals surface area contributed by atoms with E-state index in [4.69, 9.17) is 0 Å². The van der Waals surface area contributed by atoms with Gasteiger partial charge in [0, 0.05) is 6.04 Å². The average Bonchev–Trinajstić information content (AvgIpc) is 2.69. The van der Waals surface area contributed by atoms with Crippen molar-refractivity contribution in [2.75, 3.05) is 13.2 Å². The van der Waals surface area contributed by atoms with E-state index in [1.54, 1.807) is 0 Å². The summed E-state index contributed by atoms with van der Waals surface area (Å²) in [6.07, 6.45) is 6.75. The summed E-state index contributed by atoms with van der Waals surface area (Å²) >= 11 is 0. The van der Waals surface area contributed by atoms with Crippen LogP contribution in [0, 0.1) is 0 Å². The fraction of sp³-hybridized carbons (Fsp3) is 1.00. The first-order chi connectivity index (χ1) is 6.76. The Morgan fingerprint density at radius 3 is 2.21 bits per heavy atom. The highest BCUT2D eigenvalue weighted by atomic mass is 16.3. The smallest absolute Gasteiger partial charge is 0.0650 e. The van der Waals surface area contributed by atoms with Crippen molar-refractivity contribution in [2.45, 2.75) is 57.0 Å². The number of aliphatic hydroxyl groups excluding tert-OH is 2. The van der Waals surface area contributed by atoms with E-state index < -0.39 is 5.54 Å². The van der Waals surface area contributed by atoms with Gasteiger partial charge >= 0.3 is 0 Å². The molecule has 0 heterocycles. The van der Waals surface area contributed by atoms with Gasteiger partial charge in [-0.15, -0.1) is 0 Å². The molecular weight excluding hydrogens is 178 g/mol. The van der Waals surface area contributed by atoms with Gasteiger partial charge in [-0.25, -0.2) is 0 Å². The predicted molar refractivity (Wildman–Crippen MR) is 57.2 cm³/mol. The van der Waals surface area contributed by atoms with Crippen LogP contribution >= 0.6 is 0 Å². The first-order valence-corrected chi connectivity index (χ1v) is 5.76. The van der Waals surface area contributed by atoms with Gasteiger partial charge in [-0.1, -0.05) is 26.2 Å². The first kappa shape index (κ1) is 12.0. The Bertz CT molecular complexity index is 151. The normalized spacial score (nSPS) is 19.1. The second-order valence-corrected chi connectivity index (χ2v) is 4.47. The molecule has 0 unspecified atom stereocenters. The fourth-order valence-electron chi connectivity index (χ4n) is 2.35. The molecule has 0 bridgehead atoms. The number of rotatable bonds is 6. The van der Waals surface area contributed by atoms with E-state index in [0.717, 1.165) is 12.8 Å². The summed E-state index contributed by atoms with van der Waals surface area (Å²) in [5.74, 6) is 0. The second kappa shape index (κ2) is 5.69. The molecular formula is C11H23NO2. The molecule has 1 aliphatic carbocycles. The van der Waals surface area contributed by atoms with Gasteiger partial charge in [-0.3, -0.25) is 0 Å². The number of hydrogen-bond acceptors (Lipinski definition) is 3. The maximum atomic E-state index is 9.35. The lowest BCUT2D eigenvalue weighted by atomic mass is 9.94. The van der Waals surface area contributed by atoms with Crippen LogP contribution in [-0.4, -0.2) is 35.0 Å². The standard InChI is InChI=1S/C11H23NO2/c1-2-7-11(8-13,9-14)12-10-5-3-4-6-10/h10,12-14H,2-9H2,1H3. The van der Waals surface area contributed by atoms with Gasteiger partial charge in [-0.2, -0.15) is 0 Å². The molecule has 84 valence electrons. The summed E-state index contributed by atoms with van der Waals surface area (Å²) in [5.41, 5.74) is -0.441. The van der Waals surface area contributed by atoms with Gasteiger partial charge in [0.05, 0.1) is 18.8 Å². The molecule has 1 aliphatic rings. The Morgan fingerprint density at radius 2 is 1.79 bits per heavy atom. The van der Waals surface area contributed by atoms with Crippen molar-refractivity contribution in [3.05, 3.63) is 0 Å². The van der Waals surface area contributed by atoms with Gasteiger partial charge in [0.1, 0.15) is 0 Å². The molecule has 0 aliphatic heterocycles. The van der Waals surface area contributed by atoms with Crippen LogP contribution in [0.15, 0.2) is 0 Å². The minimum Gasteiger partial charge on any atom is -0.394 e. The van der Waals surface area contributed by atoms with E-state index in [-0.39, 0.29) is 13.2 Å². The summed E-state index contributed by atoms with van der Waals surface area (Å²) < 4.78 is 0. The zero-order valence-electron chi connectivity index (χ0n) is 9.13. The molecule has 3 heteroatoms. The third-order valence-electron chi connectivity index (χ3n) is 3.20. The lowest BCUT2D eigenvalue weighted by Gasteiger charge is -2.34. The van der Waals surface area contributed by atoms with Crippen LogP contribution in [0.5, 0.6) is 0 Å². The molecule has 0 radical (unpaired) electrons.